The zero-order valence-electron chi connectivity index (χ0n) is 10.0. The number of rotatable bonds is 4. The zero-order valence-corrected chi connectivity index (χ0v) is 10.0. The fourth-order valence-electron chi connectivity index (χ4n) is 2.14. The second kappa shape index (κ2) is 3.95. The highest BCUT2D eigenvalue weighted by Crippen LogP contribution is 2.34. The first-order valence-electron chi connectivity index (χ1n) is 6.21. The summed E-state index contributed by atoms with van der Waals surface area (Å²) >= 11 is 0. The number of nitrogens with two attached hydrogens (primary N) is 1. The quantitative estimate of drug-likeness (QED) is 0.822. The summed E-state index contributed by atoms with van der Waals surface area (Å²) in [6, 6.07) is 7.01. The predicted octanol–water partition coefficient (Wildman–Crippen LogP) is 2.79. The molecule has 4 heteroatoms. The van der Waals surface area contributed by atoms with Crippen LogP contribution in [0.5, 0.6) is 0 Å². The van der Waals surface area contributed by atoms with Gasteiger partial charge in [-0.1, -0.05) is 13.0 Å². The number of para-hydroxylation sites is 1. The van der Waals surface area contributed by atoms with Crippen LogP contribution >= 0.6 is 0 Å². The summed E-state index contributed by atoms with van der Waals surface area (Å²) < 4.78 is 5.80. The number of anilines is 2. The molecular formula is C13H17N3O. The van der Waals surface area contributed by atoms with E-state index in [-0.39, 0.29) is 0 Å². The molecule has 1 aromatic heterocycles. The standard InChI is InChI=1S/C13H17N3O/c1-2-8-16(9-6-7-9)13-15-12-10(14)4-3-5-11(12)17-13/h3-5,9H,2,6-8,14H2,1H3. The maximum atomic E-state index is 5.89. The van der Waals surface area contributed by atoms with Gasteiger partial charge in [-0.05, 0) is 31.4 Å². The van der Waals surface area contributed by atoms with Crippen LogP contribution in [0.4, 0.5) is 11.7 Å². The first kappa shape index (κ1) is 10.4. The van der Waals surface area contributed by atoms with Crippen molar-refractivity contribution in [2.75, 3.05) is 17.2 Å². The molecule has 1 aromatic carbocycles. The first-order valence-corrected chi connectivity index (χ1v) is 6.21. The van der Waals surface area contributed by atoms with Crippen molar-refractivity contribution in [2.45, 2.75) is 32.2 Å². The number of oxazole rings is 1. The highest BCUT2D eigenvalue weighted by atomic mass is 16.4. The number of hydrogen-bond acceptors (Lipinski definition) is 4. The molecule has 1 saturated carbocycles. The summed E-state index contributed by atoms with van der Waals surface area (Å²) in [6.07, 6.45) is 3.59. The van der Waals surface area contributed by atoms with E-state index < -0.39 is 0 Å². The smallest absolute Gasteiger partial charge is 0.298 e. The molecule has 0 saturated heterocycles. The SMILES string of the molecule is CCCN(c1nc2c(N)cccc2o1)C1CC1. The van der Waals surface area contributed by atoms with Gasteiger partial charge in [0.1, 0.15) is 5.52 Å². The van der Waals surface area contributed by atoms with Gasteiger partial charge in [0.15, 0.2) is 5.58 Å². The maximum Gasteiger partial charge on any atom is 0.298 e. The maximum absolute atomic E-state index is 5.89. The van der Waals surface area contributed by atoms with Crippen molar-refractivity contribution in [3.05, 3.63) is 18.2 Å². The van der Waals surface area contributed by atoms with Crippen molar-refractivity contribution < 1.29 is 4.42 Å². The zero-order chi connectivity index (χ0) is 11.8. The minimum absolute atomic E-state index is 0.615. The Hall–Kier alpha value is -1.71. The molecule has 2 N–H and O–H groups in total. The molecule has 90 valence electrons. The van der Waals surface area contributed by atoms with Crippen LogP contribution in [-0.2, 0) is 0 Å². The van der Waals surface area contributed by atoms with Gasteiger partial charge in [0.2, 0.25) is 0 Å². The minimum Gasteiger partial charge on any atom is -0.423 e. The third-order valence-corrected chi connectivity index (χ3v) is 3.14. The average molecular weight is 231 g/mol. The van der Waals surface area contributed by atoms with Gasteiger partial charge in [-0.15, -0.1) is 0 Å². The summed E-state index contributed by atoms with van der Waals surface area (Å²) in [6.45, 7) is 3.17. The number of nitrogen functional groups attached to an aromatic ring is 1. The molecule has 0 unspecified atom stereocenters. The Labute approximate surface area is 100 Å². The van der Waals surface area contributed by atoms with E-state index in [1.54, 1.807) is 0 Å². The van der Waals surface area contributed by atoms with Crippen LogP contribution in [0, 0.1) is 0 Å². The summed E-state index contributed by atoms with van der Waals surface area (Å²) in [7, 11) is 0. The molecule has 17 heavy (non-hydrogen) atoms. The molecule has 0 bridgehead atoms. The number of hydrogen-bond donors (Lipinski definition) is 1. The third-order valence-electron chi connectivity index (χ3n) is 3.14. The van der Waals surface area contributed by atoms with Crippen LogP contribution in [-0.4, -0.2) is 17.6 Å². The van der Waals surface area contributed by atoms with Crippen LogP contribution in [0.15, 0.2) is 22.6 Å². The van der Waals surface area contributed by atoms with E-state index in [4.69, 9.17) is 10.2 Å². The number of benzene rings is 1. The van der Waals surface area contributed by atoms with Crippen molar-refractivity contribution in [1.82, 2.24) is 4.98 Å². The summed E-state index contributed by atoms with van der Waals surface area (Å²) in [5.41, 5.74) is 8.14. The summed E-state index contributed by atoms with van der Waals surface area (Å²) in [5.74, 6) is 0. The molecule has 4 nitrogen and oxygen atoms in total. The average Bonchev–Trinajstić information content (AvgIpc) is 3.05. The van der Waals surface area contributed by atoms with Gasteiger partial charge < -0.3 is 15.1 Å². The Morgan fingerprint density at radius 2 is 2.29 bits per heavy atom. The van der Waals surface area contributed by atoms with Gasteiger partial charge in [0, 0.05) is 12.6 Å². The molecule has 0 amide bonds. The third kappa shape index (κ3) is 1.84. The van der Waals surface area contributed by atoms with E-state index >= 15 is 0 Å². The molecule has 0 atom stereocenters. The van der Waals surface area contributed by atoms with Crippen LogP contribution in [0.25, 0.3) is 11.1 Å². The van der Waals surface area contributed by atoms with Crippen molar-refractivity contribution in [2.24, 2.45) is 0 Å². The number of nitrogens with zero attached hydrogens (tertiary/aromatic N) is 2. The van der Waals surface area contributed by atoms with Crippen molar-refractivity contribution >= 4 is 22.8 Å². The van der Waals surface area contributed by atoms with E-state index in [9.17, 15) is 0 Å². The number of aromatic nitrogens is 1. The Kier molecular flexibility index (Phi) is 2.42. The monoisotopic (exact) mass is 231 g/mol. The fourth-order valence-corrected chi connectivity index (χ4v) is 2.14. The summed E-state index contributed by atoms with van der Waals surface area (Å²) in [5, 5.41) is 0. The van der Waals surface area contributed by atoms with Crippen molar-refractivity contribution in [1.29, 1.82) is 0 Å². The first-order chi connectivity index (χ1) is 8.29. The topological polar surface area (TPSA) is 55.3 Å². The van der Waals surface area contributed by atoms with E-state index in [0.717, 1.165) is 30.1 Å². The van der Waals surface area contributed by atoms with Gasteiger partial charge in [-0.2, -0.15) is 4.98 Å². The van der Waals surface area contributed by atoms with Gasteiger partial charge >= 0.3 is 0 Å². The molecule has 3 rings (SSSR count). The lowest BCUT2D eigenvalue weighted by molar-refractivity contribution is 0.560. The second-order valence-electron chi connectivity index (χ2n) is 4.61. The van der Waals surface area contributed by atoms with Crippen molar-refractivity contribution in [3.63, 3.8) is 0 Å². The van der Waals surface area contributed by atoms with Gasteiger partial charge in [-0.25, -0.2) is 0 Å². The summed E-state index contributed by atoms with van der Waals surface area (Å²) in [4.78, 5) is 6.79. The lowest BCUT2D eigenvalue weighted by atomic mass is 10.3. The molecule has 1 heterocycles. The van der Waals surface area contributed by atoms with Crippen LogP contribution < -0.4 is 10.6 Å². The van der Waals surface area contributed by atoms with E-state index in [0.29, 0.717) is 11.7 Å². The van der Waals surface area contributed by atoms with Crippen LogP contribution in [0.3, 0.4) is 0 Å². The Morgan fingerprint density at radius 3 is 2.94 bits per heavy atom. The molecule has 0 spiro atoms. The largest absolute Gasteiger partial charge is 0.423 e. The van der Waals surface area contributed by atoms with Gasteiger partial charge in [0.25, 0.3) is 6.01 Å². The molecule has 0 radical (unpaired) electrons. The minimum atomic E-state index is 0.615. The van der Waals surface area contributed by atoms with Crippen LogP contribution in [0.1, 0.15) is 26.2 Å². The Balaban J connectivity index is 2.01. The Morgan fingerprint density at radius 1 is 1.47 bits per heavy atom. The number of fused-ring (bicyclic) bond motifs is 1. The Bertz CT molecular complexity index is 530. The second-order valence-corrected chi connectivity index (χ2v) is 4.61. The van der Waals surface area contributed by atoms with Crippen LogP contribution in [0.2, 0.25) is 0 Å². The lowest BCUT2D eigenvalue weighted by Crippen LogP contribution is -2.26. The predicted molar refractivity (Wildman–Crippen MR) is 69.1 cm³/mol. The molecule has 1 aliphatic carbocycles. The van der Waals surface area contributed by atoms with E-state index in [1.807, 2.05) is 18.2 Å². The van der Waals surface area contributed by atoms with Gasteiger partial charge in [0.05, 0.1) is 5.69 Å². The lowest BCUT2D eigenvalue weighted by Gasteiger charge is -2.18. The highest BCUT2D eigenvalue weighted by molar-refractivity contribution is 5.86. The van der Waals surface area contributed by atoms with Gasteiger partial charge in [-0.3, -0.25) is 0 Å². The molecule has 1 fully saturated rings. The normalized spacial score (nSPS) is 15.4. The molecule has 1 aliphatic rings. The molecule has 2 aromatic rings. The highest BCUT2D eigenvalue weighted by Gasteiger charge is 2.31. The molecular weight excluding hydrogens is 214 g/mol. The van der Waals surface area contributed by atoms with E-state index in [2.05, 4.69) is 16.8 Å². The van der Waals surface area contributed by atoms with E-state index in [1.165, 1.54) is 12.8 Å². The van der Waals surface area contributed by atoms with Crippen molar-refractivity contribution in [3.8, 4) is 0 Å². The fraction of sp³-hybridized carbons (Fsp3) is 0.462. The molecule has 0 aliphatic heterocycles.